The Balaban J connectivity index is 2.03. The van der Waals surface area contributed by atoms with E-state index < -0.39 is 25.1 Å². The topological polar surface area (TPSA) is 72.5 Å². The molecule has 3 aliphatic rings. The van der Waals surface area contributed by atoms with E-state index in [0.29, 0.717) is 19.6 Å². The molecule has 32 heavy (non-hydrogen) atoms. The number of carbonyl (C=O) groups excluding carboxylic acids is 1. The quantitative estimate of drug-likeness (QED) is 0.293. The predicted molar refractivity (Wildman–Crippen MR) is 124 cm³/mol. The molecule has 8 heteroatoms. The first-order chi connectivity index (χ1) is 14.6. The summed E-state index contributed by atoms with van der Waals surface area (Å²) in [5.74, 6) is -0.942. The summed E-state index contributed by atoms with van der Waals surface area (Å²) in [5, 5.41) is 0.0876. The van der Waals surface area contributed by atoms with Crippen molar-refractivity contribution in [3.05, 3.63) is 0 Å². The molecule has 0 amide bonds. The number of ether oxygens (including phenoxy) is 5. The van der Waals surface area contributed by atoms with Gasteiger partial charge in [-0.15, -0.1) is 0 Å². The van der Waals surface area contributed by atoms with E-state index in [-0.39, 0.29) is 41.8 Å². The molecule has 0 radical (unpaired) electrons. The van der Waals surface area contributed by atoms with Crippen LogP contribution in [0.2, 0.25) is 18.1 Å². The summed E-state index contributed by atoms with van der Waals surface area (Å²) >= 11 is 0. The van der Waals surface area contributed by atoms with E-state index in [1.165, 1.54) is 0 Å². The van der Waals surface area contributed by atoms with Crippen LogP contribution in [0.3, 0.4) is 0 Å². The zero-order chi connectivity index (χ0) is 24.2. The highest BCUT2D eigenvalue weighted by Gasteiger charge is 2.75. The Morgan fingerprint density at radius 2 is 1.81 bits per heavy atom. The zero-order valence-corrected chi connectivity index (χ0v) is 22.7. The second-order valence-corrected chi connectivity index (χ2v) is 16.6. The fourth-order valence-electron chi connectivity index (χ4n) is 5.85. The average Bonchev–Trinajstić information content (AvgIpc) is 3.27. The summed E-state index contributed by atoms with van der Waals surface area (Å²) in [4.78, 5) is 13.5. The Morgan fingerprint density at radius 1 is 1.16 bits per heavy atom. The molecule has 1 heterocycles. The van der Waals surface area contributed by atoms with Crippen LogP contribution in [0.15, 0.2) is 0 Å². The molecule has 1 aliphatic heterocycles. The van der Waals surface area contributed by atoms with Crippen molar-refractivity contribution >= 4 is 14.3 Å². The molecule has 2 aliphatic carbocycles. The van der Waals surface area contributed by atoms with E-state index >= 15 is 0 Å². The number of fused-ring (bicyclic) bond motifs is 2. The van der Waals surface area contributed by atoms with Gasteiger partial charge < -0.3 is 28.1 Å². The van der Waals surface area contributed by atoms with Gasteiger partial charge in [0, 0.05) is 19.4 Å². The number of rotatable bonds is 8. The second-order valence-electron chi connectivity index (χ2n) is 11.8. The molecule has 0 N–H and O–H groups in total. The standard InChI is InChI=1S/C24H44O7Si/c1-11-27-20(25)23(7)19(18-14-28-22(5,6)30-18)16-12-24(23,29-15-26-8)13-17(16)31-32(9,10)21(2,3)4/h16-19H,11-15H2,1-10H3/t16-,17+,18+,19-,23-,24-/m1/s1. The van der Waals surface area contributed by atoms with Gasteiger partial charge in [0.15, 0.2) is 14.1 Å². The molecular weight excluding hydrogens is 428 g/mol. The van der Waals surface area contributed by atoms with Crippen molar-refractivity contribution in [2.75, 3.05) is 27.1 Å². The van der Waals surface area contributed by atoms with Gasteiger partial charge in [-0.05, 0) is 58.2 Å². The van der Waals surface area contributed by atoms with E-state index in [4.69, 9.17) is 28.1 Å². The molecule has 6 atom stereocenters. The van der Waals surface area contributed by atoms with Gasteiger partial charge in [-0.1, -0.05) is 20.8 Å². The van der Waals surface area contributed by atoms with E-state index in [0.717, 1.165) is 6.42 Å². The first-order valence-corrected chi connectivity index (χ1v) is 14.8. The summed E-state index contributed by atoms with van der Waals surface area (Å²) in [7, 11) is -0.424. The zero-order valence-electron chi connectivity index (χ0n) is 21.7. The van der Waals surface area contributed by atoms with Gasteiger partial charge in [0.1, 0.15) is 6.79 Å². The molecule has 1 saturated heterocycles. The first kappa shape index (κ1) is 26.1. The smallest absolute Gasteiger partial charge is 0.315 e. The van der Waals surface area contributed by atoms with Crippen LogP contribution >= 0.6 is 0 Å². The van der Waals surface area contributed by atoms with Crippen molar-refractivity contribution in [3.63, 3.8) is 0 Å². The van der Waals surface area contributed by atoms with E-state index in [9.17, 15) is 4.79 Å². The molecular formula is C24H44O7Si. The van der Waals surface area contributed by atoms with E-state index in [2.05, 4.69) is 33.9 Å². The molecule has 2 bridgehead atoms. The van der Waals surface area contributed by atoms with Crippen LogP contribution in [-0.4, -0.2) is 65.0 Å². The van der Waals surface area contributed by atoms with Crippen molar-refractivity contribution in [2.24, 2.45) is 17.3 Å². The third-order valence-corrected chi connectivity index (χ3v) is 13.0. The minimum Gasteiger partial charge on any atom is -0.465 e. The summed E-state index contributed by atoms with van der Waals surface area (Å²) in [6.45, 7) is 19.9. The largest absolute Gasteiger partial charge is 0.465 e. The average molecular weight is 473 g/mol. The molecule has 0 unspecified atom stereocenters. The van der Waals surface area contributed by atoms with Crippen molar-refractivity contribution in [2.45, 2.75) is 103 Å². The Hall–Kier alpha value is -0.513. The third kappa shape index (κ3) is 4.20. The molecule has 3 fully saturated rings. The van der Waals surface area contributed by atoms with Gasteiger partial charge in [0.2, 0.25) is 0 Å². The molecule has 0 spiro atoms. The predicted octanol–water partition coefficient (Wildman–Crippen LogP) is 4.50. The minimum absolute atomic E-state index is 0.00689. The van der Waals surface area contributed by atoms with Crippen molar-refractivity contribution in [3.8, 4) is 0 Å². The van der Waals surface area contributed by atoms with Crippen LogP contribution in [0.5, 0.6) is 0 Å². The molecule has 3 rings (SSSR count). The van der Waals surface area contributed by atoms with Gasteiger partial charge in [-0.3, -0.25) is 4.79 Å². The summed E-state index contributed by atoms with van der Waals surface area (Å²) in [6, 6.07) is 0. The fourth-order valence-corrected chi connectivity index (χ4v) is 7.22. The lowest BCUT2D eigenvalue weighted by molar-refractivity contribution is -0.223. The lowest BCUT2D eigenvalue weighted by Crippen LogP contribution is -2.61. The summed E-state index contributed by atoms with van der Waals surface area (Å²) in [6.07, 6.45) is 1.13. The Morgan fingerprint density at radius 3 is 2.31 bits per heavy atom. The van der Waals surface area contributed by atoms with Gasteiger partial charge >= 0.3 is 5.97 Å². The molecule has 0 aromatic carbocycles. The minimum atomic E-state index is -2.03. The van der Waals surface area contributed by atoms with Gasteiger partial charge in [0.05, 0.1) is 36.4 Å². The Bertz CT molecular complexity index is 703. The SMILES string of the molecule is CCOC(=O)[C@@]1(C)[C@@H]([C@@H]2COC(C)(C)O2)[C@@H]2C[C@@]1(OCOC)C[C@@H]2O[Si](C)(C)C(C)(C)C. The van der Waals surface area contributed by atoms with Crippen LogP contribution in [-0.2, 0) is 32.9 Å². The number of hydrogen-bond acceptors (Lipinski definition) is 7. The third-order valence-electron chi connectivity index (χ3n) is 8.48. The van der Waals surface area contributed by atoms with Gasteiger partial charge in [-0.25, -0.2) is 0 Å². The van der Waals surface area contributed by atoms with E-state index in [1.807, 2.05) is 27.7 Å². The highest BCUT2D eigenvalue weighted by atomic mass is 28.4. The van der Waals surface area contributed by atoms with Crippen molar-refractivity contribution in [1.82, 2.24) is 0 Å². The van der Waals surface area contributed by atoms with E-state index in [1.54, 1.807) is 7.11 Å². The van der Waals surface area contributed by atoms with Gasteiger partial charge in [-0.2, -0.15) is 0 Å². The van der Waals surface area contributed by atoms with Crippen LogP contribution in [0.4, 0.5) is 0 Å². The van der Waals surface area contributed by atoms with Crippen LogP contribution < -0.4 is 0 Å². The number of methoxy groups -OCH3 is 1. The molecule has 186 valence electrons. The maximum absolute atomic E-state index is 13.5. The lowest BCUT2D eigenvalue weighted by Gasteiger charge is -2.51. The van der Waals surface area contributed by atoms with Crippen molar-refractivity contribution < 1.29 is 32.9 Å². The number of carbonyl (C=O) groups is 1. The maximum atomic E-state index is 13.5. The van der Waals surface area contributed by atoms with Crippen LogP contribution in [0, 0.1) is 17.3 Å². The molecule has 2 saturated carbocycles. The molecule has 7 nitrogen and oxygen atoms in total. The molecule has 0 aromatic heterocycles. The number of hydrogen-bond donors (Lipinski definition) is 0. The number of esters is 1. The summed E-state index contributed by atoms with van der Waals surface area (Å²) in [5.41, 5.74) is -1.61. The Kier molecular flexibility index (Phi) is 7.02. The van der Waals surface area contributed by atoms with Crippen LogP contribution in [0.1, 0.15) is 61.3 Å². The molecule has 0 aromatic rings. The monoisotopic (exact) mass is 472 g/mol. The van der Waals surface area contributed by atoms with Gasteiger partial charge in [0.25, 0.3) is 0 Å². The highest BCUT2D eigenvalue weighted by Crippen LogP contribution is 2.67. The Labute approximate surface area is 194 Å². The van der Waals surface area contributed by atoms with Crippen molar-refractivity contribution in [1.29, 1.82) is 0 Å². The first-order valence-electron chi connectivity index (χ1n) is 11.9. The second kappa shape index (κ2) is 8.61. The highest BCUT2D eigenvalue weighted by molar-refractivity contribution is 6.74. The lowest BCUT2D eigenvalue weighted by atomic mass is 9.62. The normalized spacial score (nSPS) is 38.9. The summed E-state index contributed by atoms with van der Waals surface area (Å²) < 4.78 is 36.6. The maximum Gasteiger partial charge on any atom is 0.315 e. The fraction of sp³-hybridized carbons (Fsp3) is 0.958. The van der Waals surface area contributed by atoms with Crippen LogP contribution in [0.25, 0.3) is 0 Å².